The Kier molecular flexibility index (Phi) is 3.02. The van der Waals surface area contributed by atoms with Crippen LogP contribution in [0.4, 0.5) is 0 Å². The van der Waals surface area contributed by atoms with Gasteiger partial charge in [0.15, 0.2) is 0 Å². The van der Waals surface area contributed by atoms with Gasteiger partial charge in [-0.15, -0.1) is 0 Å². The van der Waals surface area contributed by atoms with E-state index in [1.165, 1.54) is 15.8 Å². The average Bonchev–Trinajstić information content (AvgIpc) is 3.06. The highest BCUT2D eigenvalue weighted by Gasteiger charge is 2.12. The van der Waals surface area contributed by atoms with Gasteiger partial charge < -0.3 is 9.47 Å². The molecule has 20 heavy (non-hydrogen) atoms. The van der Waals surface area contributed by atoms with Crippen molar-refractivity contribution in [1.82, 2.24) is 19.7 Å². The smallest absolute Gasteiger partial charge is 0.273 e. The van der Waals surface area contributed by atoms with E-state index < -0.39 is 0 Å². The largest absolute Gasteiger partial charge is 0.343 e. The van der Waals surface area contributed by atoms with Crippen molar-refractivity contribution in [2.45, 2.75) is 6.54 Å². The number of aromatic amines is 1. The van der Waals surface area contributed by atoms with Gasteiger partial charge in [0, 0.05) is 25.8 Å². The van der Waals surface area contributed by atoms with E-state index in [0.29, 0.717) is 12.2 Å². The van der Waals surface area contributed by atoms with E-state index in [-0.39, 0.29) is 5.91 Å². The van der Waals surface area contributed by atoms with Gasteiger partial charge in [0.05, 0.1) is 12.2 Å². The number of H-pyrrole nitrogens is 1. The summed E-state index contributed by atoms with van der Waals surface area (Å²) < 4.78 is 2.13. The Morgan fingerprint density at radius 2 is 2.10 bits per heavy atom. The zero-order valence-corrected chi connectivity index (χ0v) is 11.5. The summed E-state index contributed by atoms with van der Waals surface area (Å²) in [6, 6.07) is 12.1. The lowest BCUT2D eigenvalue weighted by molar-refractivity contribution is 0.0822. The normalized spacial score (nSPS) is 10.9. The SMILES string of the molecule is CN(C)C(=O)c1cc(Cn2ccc3ccccc32)[nH]n1. The maximum atomic E-state index is 11.8. The number of benzene rings is 1. The summed E-state index contributed by atoms with van der Waals surface area (Å²) in [6.07, 6.45) is 2.04. The maximum Gasteiger partial charge on any atom is 0.273 e. The molecular weight excluding hydrogens is 252 g/mol. The Morgan fingerprint density at radius 1 is 1.30 bits per heavy atom. The van der Waals surface area contributed by atoms with Crippen molar-refractivity contribution >= 4 is 16.8 Å². The Labute approximate surface area is 116 Å². The van der Waals surface area contributed by atoms with Gasteiger partial charge in [0.1, 0.15) is 5.69 Å². The molecule has 0 bridgehead atoms. The summed E-state index contributed by atoms with van der Waals surface area (Å²) >= 11 is 0. The lowest BCUT2D eigenvalue weighted by Gasteiger charge is -2.06. The van der Waals surface area contributed by atoms with Crippen LogP contribution in [0.2, 0.25) is 0 Å². The molecule has 3 aromatic rings. The second-order valence-corrected chi connectivity index (χ2v) is 4.98. The molecule has 0 radical (unpaired) electrons. The highest BCUT2D eigenvalue weighted by atomic mass is 16.2. The molecule has 0 saturated heterocycles. The summed E-state index contributed by atoms with van der Waals surface area (Å²) in [5.74, 6) is -0.0927. The molecule has 0 spiro atoms. The van der Waals surface area contributed by atoms with Crippen LogP contribution in [0.25, 0.3) is 10.9 Å². The zero-order valence-electron chi connectivity index (χ0n) is 11.5. The minimum Gasteiger partial charge on any atom is -0.343 e. The van der Waals surface area contributed by atoms with Gasteiger partial charge in [-0.1, -0.05) is 18.2 Å². The Hall–Kier alpha value is -2.56. The molecule has 5 heteroatoms. The molecule has 1 amide bonds. The number of fused-ring (bicyclic) bond motifs is 1. The zero-order chi connectivity index (χ0) is 14.1. The molecule has 0 aliphatic carbocycles. The van der Waals surface area contributed by atoms with E-state index >= 15 is 0 Å². The second-order valence-electron chi connectivity index (χ2n) is 4.98. The van der Waals surface area contributed by atoms with Crippen LogP contribution in [-0.2, 0) is 6.54 Å². The number of aromatic nitrogens is 3. The number of carbonyl (C=O) groups excluding carboxylic acids is 1. The summed E-state index contributed by atoms with van der Waals surface area (Å²) in [4.78, 5) is 13.3. The fraction of sp³-hybridized carbons (Fsp3) is 0.200. The Bertz CT molecular complexity index is 754. The highest BCUT2D eigenvalue weighted by Crippen LogP contribution is 2.16. The third-order valence-corrected chi connectivity index (χ3v) is 3.28. The molecule has 0 saturated carbocycles. The van der Waals surface area contributed by atoms with E-state index in [9.17, 15) is 4.79 Å². The first kappa shape index (κ1) is 12.5. The number of hydrogen-bond donors (Lipinski definition) is 1. The molecule has 2 aromatic heterocycles. The van der Waals surface area contributed by atoms with Crippen molar-refractivity contribution in [3.8, 4) is 0 Å². The molecule has 3 rings (SSSR count). The monoisotopic (exact) mass is 268 g/mol. The highest BCUT2D eigenvalue weighted by molar-refractivity contribution is 5.92. The van der Waals surface area contributed by atoms with Crippen molar-refractivity contribution in [3.63, 3.8) is 0 Å². The predicted octanol–water partition coefficient (Wildman–Crippen LogP) is 2.11. The molecule has 0 aliphatic heterocycles. The van der Waals surface area contributed by atoms with Gasteiger partial charge in [-0.25, -0.2) is 0 Å². The number of rotatable bonds is 3. The molecule has 0 aliphatic rings. The summed E-state index contributed by atoms with van der Waals surface area (Å²) in [6.45, 7) is 0.668. The van der Waals surface area contributed by atoms with Gasteiger partial charge in [-0.3, -0.25) is 9.89 Å². The number of hydrogen-bond acceptors (Lipinski definition) is 2. The third-order valence-electron chi connectivity index (χ3n) is 3.28. The van der Waals surface area contributed by atoms with Gasteiger partial charge in [-0.2, -0.15) is 5.10 Å². The summed E-state index contributed by atoms with van der Waals surface area (Å²) in [5.41, 5.74) is 2.53. The first-order valence-corrected chi connectivity index (χ1v) is 6.45. The van der Waals surface area contributed by atoms with E-state index in [4.69, 9.17) is 0 Å². The summed E-state index contributed by atoms with van der Waals surface area (Å²) in [5, 5.41) is 8.20. The number of nitrogens with one attached hydrogen (secondary N) is 1. The summed E-state index contributed by atoms with van der Waals surface area (Å²) in [7, 11) is 3.44. The lowest BCUT2D eigenvalue weighted by Crippen LogP contribution is -2.21. The maximum absolute atomic E-state index is 11.8. The van der Waals surface area contributed by atoms with Crippen LogP contribution in [0, 0.1) is 0 Å². The quantitative estimate of drug-likeness (QED) is 0.791. The molecule has 0 fully saturated rings. The average molecular weight is 268 g/mol. The van der Waals surface area contributed by atoms with Gasteiger partial charge in [-0.05, 0) is 23.6 Å². The molecule has 0 atom stereocenters. The molecule has 2 heterocycles. The number of amides is 1. The van der Waals surface area contributed by atoms with Crippen LogP contribution in [0.1, 0.15) is 16.2 Å². The lowest BCUT2D eigenvalue weighted by atomic mass is 10.2. The molecule has 5 nitrogen and oxygen atoms in total. The fourth-order valence-corrected chi connectivity index (χ4v) is 2.24. The minimum absolute atomic E-state index is 0.0927. The number of carbonyl (C=O) groups is 1. The van der Waals surface area contributed by atoms with Crippen LogP contribution in [0.3, 0.4) is 0 Å². The van der Waals surface area contributed by atoms with Gasteiger partial charge in [0.25, 0.3) is 5.91 Å². The predicted molar refractivity (Wildman–Crippen MR) is 77.6 cm³/mol. The first-order valence-electron chi connectivity index (χ1n) is 6.45. The van der Waals surface area contributed by atoms with Crippen LogP contribution >= 0.6 is 0 Å². The van der Waals surface area contributed by atoms with E-state index in [1.807, 2.05) is 18.3 Å². The number of nitrogens with zero attached hydrogens (tertiary/aromatic N) is 3. The van der Waals surface area contributed by atoms with Crippen LogP contribution in [0.5, 0.6) is 0 Å². The topological polar surface area (TPSA) is 53.9 Å². The van der Waals surface area contributed by atoms with Gasteiger partial charge >= 0.3 is 0 Å². The Morgan fingerprint density at radius 3 is 2.90 bits per heavy atom. The van der Waals surface area contributed by atoms with Crippen molar-refractivity contribution in [2.75, 3.05) is 14.1 Å². The molecule has 1 aromatic carbocycles. The first-order chi connectivity index (χ1) is 9.65. The third kappa shape index (κ3) is 2.18. The van der Waals surface area contributed by atoms with E-state index in [0.717, 1.165) is 5.69 Å². The molecule has 1 N–H and O–H groups in total. The van der Waals surface area contributed by atoms with Crippen LogP contribution in [0.15, 0.2) is 42.6 Å². The number of para-hydroxylation sites is 1. The molecule has 102 valence electrons. The molecular formula is C15H16N4O. The van der Waals surface area contributed by atoms with Crippen LogP contribution < -0.4 is 0 Å². The van der Waals surface area contributed by atoms with Crippen LogP contribution in [-0.4, -0.2) is 39.7 Å². The van der Waals surface area contributed by atoms with Crippen molar-refractivity contribution in [3.05, 3.63) is 54.0 Å². The minimum atomic E-state index is -0.0927. The van der Waals surface area contributed by atoms with Crippen molar-refractivity contribution in [2.24, 2.45) is 0 Å². The second kappa shape index (κ2) is 4.85. The standard InChI is InChI=1S/C15H16N4O/c1-18(2)15(20)13-9-12(16-17-13)10-19-8-7-11-5-3-4-6-14(11)19/h3-9H,10H2,1-2H3,(H,16,17). The van der Waals surface area contributed by atoms with E-state index in [2.05, 4.69) is 33.0 Å². The Balaban J connectivity index is 1.87. The van der Waals surface area contributed by atoms with Gasteiger partial charge in [0.2, 0.25) is 0 Å². The van der Waals surface area contributed by atoms with Crippen molar-refractivity contribution in [1.29, 1.82) is 0 Å². The molecule has 0 unspecified atom stereocenters. The van der Waals surface area contributed by atoms with E-state index in [1.54, 1.807) is 20.2 Å². The fourth-order valence-electron chi connectivity index (χ4n) is 2.24. The van der Waals surface area contributed by atoms with Crippen molar-refractivity contribution < 1.29 is 4.79 Å².